The maximum absolute atomic E-state index is 5.83. The molecule has 0 aliphatic carbocycles. The molecule has 0 heterocycles. The van der Waals surface area contributed by atoms with E-state index in [1.54, 1.807) is 0 Å². The van der Waals surface area contributed by atoms with Crippen LogP contribution in [-0.4, -0.2) is 0 Å². The van der Waals surface area contributed by atoms with E-state index in [9.17, 15) is 0 Å². The van der Waals surface area contributed by atoms with E-state index in [-0.39, 0.29) is 0 Å². The van der Waals surface area contributed by atoms with Gasteiger partial charge in [-0.15, -0.1) is 0 Å². The number of benzene rings is 1. The van der Waals surface area contributed by atoms with Crippen LogP contribution in [0.5, 0.6) is 0 Å². The standard InChI is InChI=1S/C7H8ClNS/c8-7-4-2-1-3-6(7)5-10-9/h1-4H,5,9H2. The van der Waals surface area contributed by atoms with Gasteiger partial charge in [-0.3, -0.25) is 5.14 Å². The molecule has 1 aromatic carbocycles. The predicted octanol–water partition coefficient (Wildman–Crippen LogP) is 2.45. The average molecular weight is 174 g/mol. The third-order valence-corrected chi connectivity index (χ3v) is 2.04. The molecule has 0 amide bonds. The average Bonchev–Trinajstić information content (AvgIpc) is 1.94. The molecule has 54 valence electrons. The van der Waals surface area contributed by atoms with Crippen LogP contribution in [0.1, 0.15) is 5.56 Å². The summed E-state index contributed by atoms with van der Waals surface area (Å²) in [6.07, 6.45) is 0. The second kappa shape index (κ2) is 3.86. The molecule has 0 radical (unpaired) electrons. The second-order valence-electron chi connectivity index (χ2n) is 1.90. The zero-order chi connectivity index (χ0) is 7.40. The molecular formula is C7H8ClNS. The Labute approximate surface area is 69.7 Å². The molecular weight excluding hydrogens is 166 g/mol. The van der Waals surface area contributed by atoms with Crippen LogP contribution in [0.25, 0.3) is 0 Å². The molecule has 0 bridgehead atoms. The van der Waals surface area contributed by atoms with Crippen LogP contribution < -0.4 is 5.14 Å². The summed E-state index contributed by atoms with van der Waals surface area (Å²) in [5, 5.41) is 6.08. The van der Waals surface area contributed by atoms with Gasteiger partial charge in [-0.05, 0) is 11.6 Å². The Kier molecular flexibility index (Phi) is 3.06. The van der Waals surface area contributed by atoms with E-state index < -0.39 is 0 Å². The van der Waals surface area contributed by atoms with Crippen LogP contribution in [0.2, 0.25) is 5.02 Å². The molecule has 0 unspecified atom stereocenters. The van der Waals surface area contributed by atoms with E-state index in [1.807, 2.05) is 24.3 Å². The van der Waals surface area contributed by atoms with Crippen LogP contribution in [0, 0.1) is 0 Å². The Morgan fingerprint density at radius 1 is 1.40 bits per heavy atom. The Balaban J connectivity index is 2.81. The first-order chi connectivity index (χ1) is 4.84. The van der Waals surface area contributed by atoms with Gasteiger partial charge in [-0.1, -0.05) is 41.7 Å². The first kappa shape index (κ1) is 7.92. The van der Waals surface area contributed by atoms with E-state index in [0.29, 0.717) is 0 Å². The predicted molar refractivity (Wildman–Crippen MR) is 46.9 cm³/mol. The molecule has 0 saturated carbocycles. The summed E-state index contributed by atoms with van der Waals surface area (Å²) >= 11 is 7.12. The second-order valence-corrected chi connectivity index (χ2v) is 2.93. The van der Waals surface area contributed by atoms with E-state index >= 15 is 0 Å². The number of hydrogen-bond acceptors (Lipinski definition) is 2. The van der Waals surface area contributed by atoms with Gasteiger partial charge in [0.05, 0.1) is 0 Å². The van der Waals surface area contributed by atoms with Crippen molar-refractivity contribution in [1.82, 2.24) is 0 Å². The van der Waals surface area contributed by atoms with Crippen molar-refractivity contribution in [1.29, 1.82) is 0 Å². The molecule has 0 fully saturated rings. The summed E-state index contributed by atoms with van der Waals surface area (Å²) in [5.74, 6) is 0.777. The highest BCUT2D eigenvalue weighted by molar-refractivity contribution is 7.96. The molecule has 2 N–H and O–H groups in total. The molecule has 1 nitrogen and oxygen atoms in total. The molecule has 0 saturated heterocycles. The van der Waals surface area contributed by atoms with Crippen molar-refractivity contribution in [3.63, 3.8) is 0 Å². The first-order valence-corrected chi connectivity index (χ1v) is 4.32. The Bertz CT molecular complexity index is 215. The highest BCUT2D eigenvalue weighted by Gasteiger charge is 1.95. The summed E-state index contributed by atoms with van der Waals surface area (Å²) in [4.78, 5) is 0. The van der Waals surface area contributed by atoms with Crippen molar-refractivity contribution in [3.05, 3.63) is 34.9 Å². The molecule has 0 aliphatic heterocycles. The lowest BCUT2D eigenvalue weighted by Crippen LogP contribution is -1.84. The Hall–Kier alpha value is -0.180. The van der Waals surface area contributed by atoms with Gasteiger partial charge in [0.15, 0.2) is 0 Å². The van der Waals surface area contributed by atoms with Crippen molar-refractivity contribution in [2.75, 3.05) is 0 Å². The molecule has 0 aromatic heterocycles. The number of halogens is 1. The molecule has 1 aromatic rings. The monoisotopic (exact) mass is 173 g/mol. The molecule has 0 spiro atoms. The van der Waals surface area contributed by atoms with Crippen LogP contribution in [0.4, 0.5) is 0 Å². The third-order valence-electron chi connectivity index (χ3n) is 1.20. The molecule has 1 rings (SSSR count). The van der Waals surface area contributed by atoms with E-state index in [4.69, 9.17) is 16.7 Å². The molecule has 10 heavy (non-hydrogen) atoms. The number of rotatable bonds is 2. The zero-order valence-electron chi connectivity index (χ0n) is 5.38. The van der Waals surface area contributed by atoms with Gasteiger partial charge >= 0.3 is 0 Å². The Morgan fingerprint density at radius 2 is 2.10 bits per heavy atom. The number of nitrogens with two attached hydrogens (primary N) is 1. The summed E-state index contributed by atoms with van der Waals surface area (Å²) in [7, 11) is 0. The minimum atomic E-state index is 0.777. The van der Waals surface area contributed by atoms with Gasteiger partial charge in [-0.2, -0.15) is 0 Å². The van der Waals surface area contributed by atoms with Gasteiger partial charge < -0.3 is 0 Å². The van der Waals surface area contributed by atoms with Crippen molar-refractivity contribution in [2.24, 2.45) is 5.14 Å². The van der Waals surface area contributed by atoms with Gasteiger partial charge in [0.2, 0.25) is 0 Å². The van der Waals surface area contributed by atoms with Gasteiger partial charge in [0.25, 0.3) is 0 Å². The lowest BCUT2D eigenvalue weighted by molar-refractivity contribution is 1.41. The van der Waals surface area contributed by atoms with Crippen molar-refractivity contribution in [3.8, 4) is 0 Å². The lowest BCUT2D eigenvalue weighted by Gasteiger charge is -1.98. The maximum Gasteiger partial charge on any atom is 0.0446 e. The summed E-state index contributed by atoms with van der Waals surface area (Å²) in [6, 6.07) is 7.71. The van der Waals surface area contributed by atoms with Crippen LogP contribution >= 0.6 is 23.5 Å². The fraction of sp³-hybridized carbons (Fsp3) is 0.143. The van der Waals surface area contributed by atoms with Gasteiger partial charge in [-0.25, -0.2) is 0 Å². The minimum absolute atomic E-state index is 0.777. The van der Waals surface area contributed by atoms with Crippen LogP contribution in [0.15, 0.2) is 24.3 Å². The van der Waals surface area contributed by atoms with Crippen molar-refractivity contribution >= 4 is 23.5 Å². The zero-order valence-corrected chi connectivity index (χ0v) is 6.95. The number of hydrogen-bond donors (Lipinski definition) is 1. The quantitative estimate of drug-likeness (QED) is 0.696. The van der Waals surface area contributed by atoms with Crippen LogP contribution in [-0.2, 0) is 5.75 Å². The lowest BCUT2D eigenvalue weighted by atomic mass is 10.2. The van der Waals surface area contributed by atoms with E-state index in [2.05, 4.69) is 0 Å². The first-order valence-electron chi connectivity index (χ1n) is 2.89. The van der Waals surface area contributed by atoms with Gasteiger partial charge in [0, 0.05) is 10.8 Å². The van der Waals surface area contributed by atoms with E-state index in [1.165, 1.54) is 11.9 Å². The van der Waals surface area contributed by atoms with Crippen molar-refractivity contribution in [2.45, 2.75) is 5.75 Å². The maximum atomic E-state index is 5.83. The molecule has 3 heteroatoms. The summed E-state index contributed by atoms with van der Waals surface area (Å²) < 4.78 is 0. The topological polar surface area (TPSA) is 26.0 Å². The SMILES string of the molecule is NSCc1ccccc1Cl. The van der Waals surface area contributed by atoms with Crippen molar-refractivity contribution < 1.29 is 0 Å². The van der Waals surface area contributed by atoms with E-state index in [0.717, 1.165) is 16.3 Å². The molecule has 0 aliphatic rings. The fourth-order valence-electron chi connectivity index (χ4n) is 0.705. The highest BCUT2D eigenvalue weighted by Crippen LogP contribution is 2.17. The fourth-order valence-corrected chi connectivity index (χ4v) is 1.42. The summed E-state index contributed by atoms with van der Waals surface area (Å²) in [6.45, 7) is 0. The summed E-state index contributed by atoms with van der Waals surface area (Å²) in [5.41, 5.74) is 1.09. The minimum Gasteiger partial charge on any atom is -0.278 e. The van der Waals surface area contributed by atoms with Crippen LogP contribution in [0.3, 0.4) is 0 Å². The smallest absolute Gasteiger partial charge is 0.0446 e. The third kappa shape index (κ3) is 1.90. The Morgan fingerprint density at radius 3 is 2.70 bits per heavy atom. The largest absolute Gasteiger partial charge is 0.278 e. The van der Waals surface area contributed by atoms with Gasteiger partial charge in [0.1, 0.15) is 0 Å². The highest BCUT2D eigenvalue weighted by atomic mass is 35.5. The normalized spacial score (nSPS) is 9.80. The molecule has 0 atom stereocenters.